The Balaban J connectivity index is 1.74. The topological polar surface area (TPSA) is 59.8 Å². The van der Waals surface area contributed by atoms with E-state index in [2.05, 4.69) is 15.4 Å². The van der Waals surface area contributed by atoms with Crippen LogP contribution in [0, 0.1) is 19.7 Å². The fourth-order valence-corrected chi connectivity index (χ4v) is 3.53. The lowest BCUT2D eigenvalue weighted by Gasteiger charge is -2.12. The molecule has 0 aliphatic heterocycles. The number of rotatable bonds is 3. The predicted octanol–water partition coefficient (Wildman–Crippen LogP) is 5.08. The Kier molecular flexibility index (Phi) is 4.57. The lowest BCUT2D eigenvalue weighted by atomic mass is 10.1. The normalized spacial score (nSPS) is 11.0. The van der Waals surface area contributed by atoms with Crippen LogP contribution in [0.5, 0.6) is 0 Å². The molecule has 1 amide bonds. The lowest BCUT2D eigenvalue weighted by molar-refractivity contribution is 0.102. The van der Waals surface area contributed by atoms with Crippen molar-refractivity contribution >= 4 is 34.1 Å². The van der Waals surface area contributed by atoms with Crippen LogP contribution in [0.2, 0.25) is 5.02 Å². The number of aromatic nitrogens is 3. The molecule has 0 aliphatic rings. The highest BCUT2D eigenvalue weighted by molar-refractivity contribution is 6.31. The second-order valence-corrected chi connectivity index (χ2v) is 6.96. The van der Waals surface area contributed by atoms with Gasteiger partial charge in [-0.05, 0) is 61.4 Å². The number of benzene rings is 2. The van der Waals surface area contributed by atoms with Crippen molar-refractivity contribution in [1.29, 1.82) is 0 Å². The first kappa shape index (κ1) is 18.1. The van der Waals surface area contributed by atoms with Crippen molar-refractivity contribution in [2.45, 2.75) is 13.8 Å². The molecular formula is C21H16ClFN4O. The molecule has 28 heavy (non-hydrogen) atoms. The van der Waals surface area contributed by atoms with Crippen LogP contribution in [-0.4, -0.2) is 20.7 Å². The smallest absolute Gasteiger partial charge is 0.257 e. The monoisotopic (exact) mass is 394 g/mol. The van der Waals surface area contributed by atoms with Gasteiger partial charge in [-0.3, -0.25) is 9.78 Å². The van der Waals surface area contributed by atoms with Gasteiger partial charge in [0.25, 0.3) is 5.91 Å². The van der Waals surface area contributed by atoms with Crippen molar-refractivity contribution in [3.63, 3.8) is 0 Å². The Labute approximate surface area is 165 Å². The average molecular weight is 395 g/mol. The van der Waals surface area contributed by atoms with Crippen LogP contribution in [0.4, 0.5) is 10.1 Å². The third-order valence-electron chi connectivity index (χ3n) is 4.55. The van der Waals surface area contributed by atoms with Crippen molar-refractivity contribution in [2.24, 2.45) is 0 Å². The van der Waals surface area contributed by atoms with E-state index >= 15 is 0 Å². The molecule has 0 radical (unpaired) electrons. The van der Waals surface area contributed by atoms with E-state index in [-0.39, 0.29) is 11.7 Å². The maximum Gasteiger partial charge on any atom is 0.257 e. The molecule has 2 aromatic heterocycles. The summed E-state index contributed by atoms with van der Waals surface area (Å²) in [6.45, 7) is 3.78. The number of aryl methyl sites for hydroxylation is 2. The largest absolute Gasteiger partial charge is 0.321 e. The minimum Gasteiger partial charge on any atom is -0.321 e. The number of anilines is 1. The molecule has 1 N–H and O–H groups in total. The van der Waals surface area contributed by atoms with Gasteiger partial charge in [-0.2, -0.15) is 5.10 Å². The lowest BCUT2D eigenvalue weighted by Crippen LogP contribution is -2.14. The molecule has 0 spiro atoms. The van der Waals surface area contributed by atoms with Gasteiger partial charge in [0.2, 0.25) is 0 Å². The van der Waals surface area contributed by atoms with Gasteiger partial charge in [0.1, 0.15) is 5.82 Å². The number of nitrogens with one attached hydrogen (secondary N) is 1. The number of carbonyl (C=O) groups is 1. The molecule has 0 bridgehead atoms. The van der Waals surface area contributed by atoms with Crippen molar-refractivity contribution in [1.82, 2.24) is 14.8 Å². The zero-order chi connectivity index (χ0) is 19.8. The minimum absolute atomic E-state index is 0.287. The summed E-state index contributed by atoms with van der Waals surface area (Å²) in [5, 5.41) is 8.57. The van der Waals surface area contributed by atoms with Crippen LogP contribution in [0.3, 0.4) is 0 Å². The summed E-state index contributed by atoms with van der Waals surface area (Å²) in [5.41, 5.74) is 4.21. The molecule has 0 fully saturated rings. The van der Waals surface area contributed by atoms with Crippen molar-refractivity contribution in [2.75, 3.05) is 5.32 Å². The first-order chi connectivity index (χ1) is 13.4. The number of carbonyl (C=O) groups excluding carboxylic acids is 1. The third-order valence-corrected chi connectivity index (χ3v) is 4.77. The number of amides is 1. The number of pyridine rings is 1. The molecule has 4 rings (SSSR count). The molecule has 0 unspecified atom stereocenters. The third kappa shape index (κ3) is 3.23. The van der Waals surface area contributed by atoms with E-state index in [4.69, 9.17) is 11.6 Å². The van der Waals surface area contributed by atoms with E-state index in [0.29, 0.717) is 27.2 Å². The zero-order valence-corrected chi connectivity index (χ0v) is 16.0. The number of halogens is 2. The highest BCUT2D eigenvalue weighted by atomic mass is 35.5. The summed E-state index contributed by atoms with van der Waals surface area (Å²) >= 11 is 6.07. The van der Waals surface area contributed by atoms with Gasteiger partial charge in [-0.25, -0.2) is 9.07 Å². The molecule has 5 nitrogen and oxygen atoms in total. The van der Waals surface area contributed by atoms with Crippen LogP contribution in [0.15, 0.2) is 55.0 Å². The van der Waals surface area contributed by atoms with Gasteiger partial charge in [0, 0.05) is 22.3 Å². The molecule has 0 atom stereocenters. The van der Waals surface area contributed by atoms with Crippen molar-refractivity contribution in [3.8, 4) is 5.69 Å². The Morgan fingerprint density at radius 2 is 1.75 bits per heavy atom. The summed E-state index contributed by atoms with van der Waals surface area (Å²) in [4.78, 5) is 17.1. The van der Waals surface area contributed by atoms with Crippen molar-refractivity contribution in [3.05, 3.63) is 82.5 Å². The van der Waals surface area contributed by atoms with Gasteiger partial charge >= 0.3 is 0 Å². The predicted molar refractivity (Wildman–Crippen MR) is 108 cm³/mol. The van der Waals surface area contributed by atoms with Crippen LogP contribution >= 0.6 is 11.6 Å². The van der Waals surface area contributed by atoms with E-state index in [0.717, 1.165) is 16.8 Å². The second-order valence-electron chi connectivity index (χ2n) is 6.52. The maximum atomic E-state index is 13.2. The Hall–Kier alpha value is -3.25. The minimum atomic E-state index is -0.327. The Morgan fingerprint density at radius 3 is 2.43 bits per heavy atom. The number of fused-ring (bicyclic) bond motifs is 1. The fourth-order valence-electron chi connectivity index (χ4n) is 3.20. The summed E-state index contributed by atoms with van der Waals surface area (Å²) < 4.78 is 14.8. The van der Waals surface area contributed by atoms with Crippen molar-refractivity contribution < 1.29 is 9.18 Å². The van der Waals surface area contributed by atoms with Gasteiger partial charge in [0.05, 0.1) is 29.2 Å². The summed E-state index contributed by atoms with van der Waals surface area (Å²) in [6, 6.07) is 9.56. The zero-order valence-electron chi connectivity index (χ0n) is 15.2. The van der Waals surface area contributed by atoms with Gasteiger partial charge < -0.3 is 5.32 Å². The molecule has 0 saturated carbocycles. The van der Waals surface area contributed by atoms with Crippen LogP contribution in [-0.2, 0) is 0 Å². The van der Waals surface area contributed by atoms with Crippen LogP contribution < -0.4 is 5.32 Å². The molecule has 4 aromatic rings. The summed E-state index contributed by atoms with van der Waals surface area (Å²) in [7, 11) is 0. The van der Waals surface area contributed by atoms with E-state index < -0.39 is 0 Å². The summed E-state index contributed by atoms with van der Waals surface area (Å²) in [5.74, 6) is -0.614. The fraction of sp³-hybridized carbons (Fsp3) is 0.0952. The molecular weight excluding hydrogens is 379 g/mol. The molecule has 140 valence electrons. The van der Waals surface area contributed by atoms with Gasteiger partial charge in [-0.1, -0.05) is 11.6 Å². The van der Waals surface area contributed by atoms with E-state index in [9.17, 15) is 9.18 Å². The summed E-state index contributed by atoms with van der Waals surface area (Å²) in [6.07, 6.45) is 4.74. The molecule has 7 heteroatoms. The second kappa shape index (κ2) is 7.05. The molecule has 2 heterocycles. The quantitative estimate of drug-likeness (QED) is 0.527. The van der Waals surface area contributed by atoms with Gasteiger partial charge in [-0.15, -0.1) is 0 Å². The highest BCUT2D eigenvalue weighted by Crippen LogP contribution is 2.27. The van der Waals surface area contributed by atoms with Crippen LogP contribution in [0.25, 0.3) is 16.6 Å². The van der Waals surface area contributed by atoms with E-state index in [1.807, 2.05) is 13.8 Å². The highest BCUT2D eigenvalue weighted by Gasteiger charge is 2.17. The Morgan fingerprint density at radius 1 is 1.07 bits per heavy atom. The number of hydrogen-bond donors (Lipinski definition) is 1. The average Bonchev–Trinajstić information content (AvgIpc) is 3.09. The van der Waals surface area contributed by atoms with E-state index in [1.54, 1.807) is 41.3 Å². The standard InChI is InChI=1S/C21H16ClFN4O/c1-12-7-14(22)8-13(2)20(12)26-21(28)18-9-24-11-19-17(18)10-25-27(19)16-5-3-15(23)4-6-16/h3-11H,1-2H3,(H,26,28). The van der Waals surface area contributed by atoms with Gasteiger partial charge in [0.15, 0.2) is 0 Å². The molecule has 2 aromatic carbocycles. The first-order valence-corrected chi connectivity index (χ1v) is 8.97. The Bertz CT molecular complexity index is 1180. The first-order valence-electron chi connectivity index (χ1n) is 8.60. The molecule has 0 aliphatic carbocycles. The SMILES string of the molecule is Cc1cc(Cl)cc(C)c1NC(=O)c1cncc2c1cnn2-c1ccc(F)cc1. The van der Waals surface area contributed by atoms with E-state index in [1.165, 1.54) is 18.3 Å². The number of nitrogens with zero attached hydrogens (tertiary/aromatic N) is 3. The maximum absolute atomic E-state index is 13.2. The molecule has 0 saturated heterocycles. The number of hydrogen-bond acceptors (Lipinski definition) is 3. The van der Waals surface area contributed by atoms with Crippen LogP contribution in [0.1, 0.15) is 21.5 Å².